The van der Waals surface area contributed by atoms with Crippen LogP contribution in [0.3, 0.4) is 0 Å². The monoisotopic (exact) mass is 485 g/mol. The van der Waals surface area contributed by atoms with Crippen molar-refractivity contribution in [3.8, 4) is 0 Å². The van der Waals surface area contributed by atoms with Gasteiger partial charge in [-0.15, -0.1) is 11.3 Å². The molecular formula is C25H28FN3O4S. The van der Waals surface area contributed by atoms with E-state index in [9.17, 15) is 19.1 Å². The van der Waals surface area contributed by atoms with Gasteiger partial charge in [-0.25, -0.2) is 14.2 Å². The molecule has 4 rings (SSSR count). The number of amides is 1. The molecule has 0 spiro atoms. The van der Waals surface area contributed by atoms with E-state index in [4.69, 9.17) is 9.40 Å². The number of benzene rings is 1. The van der Waals surface area contributed by atoms with Crippen LogP contribution in [-0.2, 0) is 6.54 Å². The van der Waals surface area contributed by atoms with Gasteiger partial charge in [0.2, 0.25) is 5.58 Å². The van der Waals surface area contributed by atoms with E-state index in [-0.39, 0.29) is 23.6 Å². The SMILES string of the molecule is Cc1csc(Cn2c([C@@H](C(C)C)N(C(=O)O)C(C)(C)C)nc3c(oc4ccc(F)cc43)c2=O)c1. The molecule has 0 radical (unpaired) electrons. The van der Waals surface area contributed by atoms with Crippen LogP contribution in [0.1, 0.15) is 56.9 Å². The number of carboxylic acid groups (broad SMARTS) is 1. The summed E-state index contributed by atoms with van der Waals surface area (Å²) in [5.74, 6) is -0.368. The molecular weight excluding hydrogens is 457 g/mol. The summed E-state index contributed by atoms with van der Waals surface area (Å²) in [6.45, 7) is 11.4. The third-order valence-electron chi connectivity index (χ3n) is 5.77. The molecule has 0 fully saturated rings. The fourth-order valence-electron chi connectivity index (χ4n) is 4.36. The lowest BCUT2D eigenvalue weighted by Gasteiger charge is -2.41. The quantitative estimate of drug-likeness (QED) is 0.365. The molecule has 1 N–H and O–H groups in total. The highest BCUT2D eigenvalue weighted by atomic mass is 32.1. The highest BCUT2D eigenvalue weighted by Crippen LogP contribution is 2.35. The standard InChI is InChI=1S/C25H28FN3O4S/c1-13(2)20(29(24(31)32)25(4,5)6)22-27-19-17-10-15(26)7-8-18(17)33-21(19)23(30)28(22)11-16-9-14(3)12-34-16/h7-10,12-13,20H,11H2,1-6H3,(H,31,32)/t20-/m1/s1. The molecule has 0 aliphatic carbocycles. The second-order valence-corrected chi connectivity index (χ2v) is 10.9. The van der Waals surface area contributed by atoms with Crippen molar-refractivity contribution in [1.82, 2.24) is 14.5 Å². The summed E-state index contributed by atoms with van der Waals surface area (Å²) in [4.78, 5) is 33.3. The fraction of sp³-hybridized carbons (Fsp3) is 0.400. The van der Waals surface area contributed by atoms with Gasteiger partial charge in [-0.2, -0.15) is 0 Å². The molecule has 1 amide bonds. The van der Waals surface area contributed by atoms with Crippen LogP contribution in [0.15, 0.2) is 38.9 Å². The first-order chi connectivity index (χ1) is 15.9. The van der Waals surface area contributed by atoms with Gasteiger partial charge in [-0.3, -0.25) is 14.3 Å². The number of hydrogen-bond acceptors (Lipinski definition) is 5. The van der Waals surface area contributed by atoms with Crippen LogP contribution in [0.25, 0.3) is 22.1 Å². The topological polar surface area (TPSA) is 88.6 Å². The Kier molecular flexibility index (Phi) is 6.01. The Balaban J connectivity index is 2.08. The van der Waals surface area contributed by atoms with E-state index in [0.717, 1.165) is 10.4 Å². The van der Waals surface area contributed by atoms with E-state index in [2.05, 4.69) is 0 Å². The first-order valence-electron chi connectivity index (χ1n) is 11.1. The summed E-state index contributed by atoms with van der Waals surface area (Å²) in [6.07, 6.45) is -1.11. The van der Waals surface area contributed by atoms with Gasteiger partial charge in [0.05, 0.1) is 12.6 Å². The number of rotatable bonds is 5. The normalized spacial score (nSPS) is 13.2. The third-order valence-corrected chi connectivity index (χ3v) is 6.81. The molecule has 0 bridgehead atoms. The number of halogens is 1. The van der Waals surface area contributed by atoms with E-state index in [1.165, 1.54) is 39.0 Å². The second-order valence-electron chi connectivity index (χ2n) is 9.88. The van der Waals surface area contributed by atoms with Gasteiger partial charge in [0.1, 0.15) is 22.7 Å². The Morgan fingerprint density at radius 2 is 2.00 bits per heavy atom. The Bertz CT molecular complexity index is 1440. The molecule has 0 saturated heterocycles. The Labute approximate surface area is 200 Å². The van der Waals surface area contributed by atoms with Crippen LogP contribution < -0.4 is 5.56 Å². The van der Waals surface area contributed by atoms with Crippen LogP contribution in [0.4, 0.5) is 9.18 Å². The number of furan rings is 1. The molecule has 3 aromatic heterocycles. The van der Waals surface area contributed by atoms with E-state index in [1.54, 1.807) is 0 Å². The van der Waals surface area contributed by atoms with Crippen molar-refractivity contribution < 1.29 is 18.7 Å². The van der Waals surface area contributed by atoms with E-state index >= 15 is 0 Å². The van der Waals surface area contributed by atoms with Crippen LogP contribution in [-0.4, -0.2) is 31.2 Å². The minimum Gasteiger partial charge on any atom is -0.465 e. The lowest BCUT2D eigenvalue weighted by atomic mass is 9.95. The molecule has 3 heterocycles. The van der Waals surface area contributed by atoms with Crippen molar-refractivity contribution in [3.05, 3.63) is 62.1 Å². The molecule has 1 aromatic carbocycles. The molecule has 9 heteroatoms. The van der Waals surface area contributed by atoms with Crippen molar-refractivity contribution in [3.63, 3.8) is 0 Å². The van der Waals surface area contributed by atoms with Gasteiger partial charge in [0, 0.05) is 15.8 Å². The Hall–Kier alpha value is -3.20. The van der Waals surface area contributed by atoms with Gasteiger partial charge >= 0.3 is 6.09 Å². The number of fused-ring (bicyclic) bond motifs is 3. The van der Waals surface area contributed by atoms with E-state index < -0.39 is 29.1 Å². The second kappa shape index (κ2) is 8.54. The Morgan fingerprint density at radius 1 is 1.29 bits per heavy atom. The minimum atomic E-state index is -1.11. The van der Waals surface area contributed by atoms with Gasteiger partial charge in [0.15, 0.2) is 0 Å². The number of aromatic nitrogens is 2. The highest BCUT2D eigenvalue weighted by molar-refractivity contribution is 7.10. The summed E-state index contributed by atoms with van der Waals surface area (Å²) < 4.78 is 21.4. The summed E-state index contributed by atoms with van der Waals surface area (Å²) in [5, 5.41) is 12.5. The zero-order chi connectivity index (χ0) is 24.9. The molecule has 180 valence electrons. The van der Waals surface area contributed by atoms with Gasteiger partial charge in [-0.05, 0) is 68.8 Å². The van der Waals surface area contributed by atoms with E-state index in [1.807, 2.05) is 53.0 Å². The molecule has 0 aliphatic rings. The van der Waals surface area contributed by atoms with E-state index in [0.29, 0.717) is 16.8 Å². The van der Waals surface area contributed by atoms with Crippen LogP contribution in [0.2, 0.25) is 0 Å². The lowest BCUT2D eigenvalue weighted by molar-refractivity contribution is 0.0485. The average Bonchev–Trinajstić information content (AvgIpc) is 3.29. The molecule has 0 saturated carbocycles. The molecule has 34 heavy (non-hydrogen) atoms. The highest BCUT2D eigenvalue weighted by Gasteiger charge is 2.39. The predicted molar refractivity (Wildman–Crippen MR) is 131 cm³/mol. The lowest BCUT2D eigenvalue weighted by Crippen LogP contribution is -2.50. The average molecular weight is 486 g/mol. The number of carbonyl (C=O) groups is 1. The molecule has 4 aromatic rings. The first-order valence-corrected chi connectivity index (χ1v) is 11.9. The Morgan fingerprint density at radius 3 is 2.56 bits per heavy atom. The smallest absolute Gasteiger partial charge is 0.408 e. The maximum absolute atomic E-state index is 14.1. The molecule has 7 nitrogen and oxygen atoms in total. The van der Waals surface area contributed by atoms with Gasteiger partial charge in [0.25, 0.3) is 5.56 Å². The van der Waals surface area contributed by atoms with Crippen molar-refractivity contribution in [2.75, 3.05) is 0 Å². The minimum absolute atomic E-state index is 0.0257. The largest absolute Gasteiger partial charge is 0.465 e. The number of nitrogens with zero attached hydrogens (tertiary/aromatic N) is 3. The predicted octanol–water partition coefficient (Wildman–Crippen LogP) is 6.18. The van der Waals surface area contributed by atoms with Crippen molar-refractivity contribution >= 4 is 39.5 Å². The van der Waals surface area contributed by atoms with Crippen LogP contribution >= 0.6 is 11.3 Å². The van der Waals surface area contributed by atoms with Crippen molar-refractivity contribution in [2.45, 2.75) is 59.7 Å². The number of thiophene rings is 1. The van der Waals surface area contributed by atoms with Crippen molar-refractivity contribution in [1.29, 1.82) is 0 Å². The molecule has 1 atom stereocenters. The van der Waals surface area contributed by atoms with Crippen LogP contribution in [0.5, 0.6) is 0 Å². The fourth-order valence-corrected chi connectivity index (χ4v) is 5.22. The summed E-state index contributed by atoms with van der Waals surface area (Å²) in [6, 6.07) is 5.28. The van der Waals surface area contributed by atoms with Crippen molar-refractivity contribution in [2.24, 2.45) is 5.92 Å². The zero-order valence-electron chi connectivity index (χ0n) is 20.0. The summed E-state index contributed by atoms with van der Waals surface area (Å²) >= 11 is 1.52. The van der Waals surface area contributed by atoms with Gasteiger partial charge < -0.3 is 9.52 Å². The first kappa shape index (κ1) is 23.9. The molecule has 0 unspecified atom stereocenters. The molecule has 0 aliphatic heterocycles. The zero-order valence-corrected chi connectivity index (χ0v) is 20.9. The third kappa shape index (κ3) is 4.20. The summed E-state index contributed by atoms with van der Waals surface area (Å²) in [7, 11) is 0. The summed E-state index contributed by atoms with van der Waals surface area (Å²) in [5.41, 5.74) is 0.500. The van der Waals surface area contributed by atoms with Gasteiger partial charge in [-0.1, -0.05) is 13.8 Å². The number of aryl methyl sites for hydroxylation is 1. The maximum atomic E-state index is 14.1. The maximum Gasteiger partial charge on any atom is 0.408 e. The number of hydrogen-bond donors (Lipinski definition) is 1. The van der Waals surface area contributed by atoms with Crippen LogP contribution in [0, 0.1) is 18.7 Å².